The molecule has 3 nitrogen and oxygen atoms in total. The first-order chi connectivity index (χ1) is 8.87. The van der Waals surface area contributed by atoms with Crippen LogP contribution in [-0.4, -0.2) is 17.6 Å². The molecule has 0 rings (SSSR count). The predicted octanol–water partition coefficient (Wildman–Crippen LogP) is 3.96. The third-order valence-corrected chi connectivity index (χ3v) is 2.88. The van der Waals surface area contributed by atoms with Gasteiger partial charge in [0.25, 0.3) is 0 Å². The van der Waals surface area contributed by atoms with Crippen LogP contribution in [-0.2, 0) is 9.53 Å². The minimum atomic E-state index is -0.472. The molecule has 19 heavy (non-hydrogen) atoms. The van der Waals surface area contributed by atoms with Crippen LogP contribution in [0.4, 0.5) is 0 Å². The number of esters is 1. The number of allylic oxidation sites excluding steroid dienone is 1. The first-order valence-corrected chi connectivity index (χ1v) is 7.46. The Bertz CT molecular complexity index is 256. The van der Waals surface area contributed by atoms with Crippen LogP contribution in [0, 0.1) is 0 Å². The summed E-state index contributed by atoms with van der Waals surface area (Å²) in [4.78, 5) is 11.6. The molecule has 3 heteroatoms. The van der Waals surface area contributed by atoms with Gasteiger partial charge in [0, 0.05) is 0 Å². The van der Waals surface area contributed by atoms with Crippen molar-refractivity contribution >= 4 is 5.97 Å². The summed E-state index contributed by atoms with van der Waals surface area (Å²) in [6.07, 6.45) is 10.9. The van der Waals surface area contributed by atoms with Crippen molar-refractivity contribution in [1.29, 1.82) is 0 Å². The number of carbonyl (C=O) groups excluding carboxylic acids is 1. The van der Waals surface area contributed by atoms with Crippen LogP contribution < -0.4 is 5.73 Å². The van der Waals surface area contributed by atoms with Gasteiger partial charge in [-0.15, -0.1) is 6.58 Å². The van der Waals surface area contributed by atoms with Crippen molar-refractivity contribution in [3.8, 4) is 0 Å². The first-order valence-electron chi connectivity index (χ1n) is 7.46. The van der Waals surface area contributed by atoms with Gasteiger partial charge in [-0.3, -0.25) is 4.79 Å². The van der Waals surface area contributed by atoms with Gasteiger partial charge in [-0.2, -0.15) is 0 Å². The second kappa shape index (κ2) is 10.0. The SMILES string of the molecule is C=CCCCCCCCCC(N)C(=O)OC(C)(C)C. The maximum atomic E-state index is 11.6. The highest BCUT2D eigenvalue weighted by Gasteiger charge is 2.21. The molecular weight excluding hydrogens is 238 g/mol. The number of rotatable bonds is 10. The highest BCUT2D eigenvalue weighted by molar-refractivity contribution is 5.75. The van der Waals surface area contributed by atoms with E-state index in [1.54, 1.807) is 0 Å². The average Bonchev–Trinajstić information content (AvgIpc) is 2.30. The van der Waals surface area contributed by atoms with Crippen LogP contribution in [0.2, 0.25) is 0 Å². The largest absolute Gasteiger partial charge is 0.459 e. The molecule has 0 bridgehead atoms. The Hall–Kier alpha value is -0.830. The minimum Gasteiger partial charge on any atom is -0.459 e. The lowest BCUT2D eigenvalue weighted by Gasteiger charge is -2.22. The van der Waals surface area contributed by atoms with E-state index < -0.39 is 11.6 Å². The number of unbranched alkanes of at least 4 members (excludes halogenated alkanes) is 6. The molecule has 0 heterocycles. The van der Waals surface area contributed by atoms with Crippen LogP contribution in [0.25, 0.3) is 0 Å². The Balaban J connectivity index is 3.50. The summed E-state index contributed by atoms with van der Waals surface area (Å²) in [5, 5.41) is 0. The molecule has 0 spiro atoms. The summed E-state index contributed by atoms with van der Waals surface area (Å²) in [5.41, 5.74) is 5.37. The van der Waals surface area contributed by atoms with E-state index in [0.717, 1.165) is 25.7 Å². The van der Waals surface area contributed by atoms with Crippen LogP contribution in [0.15, 0.2) is 12.7 Å². The maximum absolute atomic E-state index is 11.6. The summed E-state index contributed by atoms with van der Waals surface area (Å²) in [7, 11) is 0. The fraction of sp³-hybridized carbons (Fsp3) is 0.812. The minimum absolute atomic E-state index is 0.279. The molecule has 0 aromatic carbocycles. The third kappa shape index (κ3) is 12.0. The van der Waals surface area contributed by atoms with Gasteiger partial charge in [0.1, 0.15) is 11.6 Å². The maximum Gasteiger partial charge on any atom is 0.323 e. The molecule has 0 aliphatic rings. The van der Waals surface area contributed by atoms with E-state index in [0.29, 0.717) is 0 Å². The highest BCUT2D eigenvalue weighted by Crippen LogP contribution is 2.12. The molecule has 0 radical (unpaired) electrons. The van der Waals surface area contributed by atoms with Gasteiger partial charge in [0.05, 0.1) is 0 Å². The predicted molar refractivity (Wildman–Crippen MR) is 81.0 cm³/mol. The van der Waals surface area contributed by atoms with Crippen molar-refractivity contribution in [1.82, 2.24) is 0 Å². The lowest BCUT2D eigenvalue weighted by Crippen LogP contribution is -2.37. The highest BCUT2D eigenvalue weighted by atomic mass is 16.6. The first kappa shape index (κ1) is 18.2. The number of hydrogen-bond donors (Lipinski definition) is 1. The number of nitrogens with two attached hydrogens (primary N) is 1. The van der Waals surface area contributed by atoms with Crippen LogP contribution in [0.3, 0.4) is 0 Å². The summed E-state index contributed by atoms with van der Waals surface area (Å²) >= 11 is 0. The van der Waals surface area contributed by atoms with Crippen molar-refractivity contribution in [2.45, 2.75) is 83.8 Å². The molecule has 0 aliphatic heterocycles. The lowest BCUT2D eigenvalue weighted by molar-refractivity contribution is -0.156. The number of hydrogen-bond acceptors (Lipinski definition) is 3. The fourth-order valence-corrected chi connectivity index (χ4v) is 1.86. The van der Waals surface area contributed by atoms with Crippen molar-refractivity contribution in [2.24, 2.45) is 5.73 Å². The smallest absolute Gasteiger partial charge is 0.323 e. The molecule has 1 unspecified atom stereocenters. The molecule has 2 N–H and O–H groups in total. The van der Waals surface area contributed by atoms with E-state index in [4.69, 9.17) is 10.5 Å². The molecule has 0 fully saturated rings. The Labute approximate surface area is 118 Å². The Kier molecular flexibility index (Phi) is 9.58. The van der Waals surface area contributed by atoms with Gasteiger partial charge < -0.3 is 10.5 Å². The second-order valence-electron chi connectivity index (χ2n) is 6.13. The molecule has 0 saturated heterocycles. The van der Waals surface area contributed by atoms with E-state index in [-0.39, 0.29) is 5.97 Å². The van der Waals surface area contributed by atoms with Gasteiger partial charge >= 0.3 is 5.97 Å². The zero-order chi connectivity index (χ0) is 14.7. The van der Waals surface area contributed by atoms with Gasteiger partial charge in [-0.05, 0) is 40.0 Å². The average molecular weight is 269 g/mol. The molecule has 1 atom stereocenters. The summed E-state index contributed by atoms with van der Waals surface area (Å²) in [5.74, 6) is -0.279. The van der Waals surface area contributed by atoms with Gasteiger partial charge in [0.2, 0.25) is 0 Å². The summed E-state index contributed by atoms with van der Waals surface area (Å²) < 4.78 is 5.25. The summed E-state index contributed by atoms with van der Waals surface area (Å²) in [6.45, 7) is 9.30. The number of carbonyl (C=O) groups is 1. The molecule has 0 aromatic heterocycles. The van der Waals surface area contributed by atoms with Gasteiger partial charge in [-0.25, -0.2) is 0 Å². The molecule has 112 valence electrons. The zero-order valence-electron chi connectivity index (χ0n) is 12.9. The Morgan fingerprint density at radius 2 is 1.68 bits per heavy atom. The quantitative estimate of drug-likeness (QED) is 0.371. The second-order valence-corrected chi connectivity index (χ2v) is 6.13. The molecular formula is C16H31NO2. The van der Waals surface area contributed by atoms with E-state index in [1.807, 2.05) is 26.8 Å². The summed E-state index contributed by atoms with van der Waals surface area (Å²) in [6, 6.07) is -0.472. The van der Waals surface area contributed by atoms with Crippen molar-refractivity contribution in [3.05, 3.63) is 12.7 Å². The number of ether oxygens (including phenoxy) is 1. The molecule has 0 saturated carbocycles. The Morgan fingerprint density at radius 1 is 1.16 bits per heavy atom. The topological polar surface area (TPSA) is 52.3 Å². The molecule has 0 amide bonds. The van der Waals surface area contributed by atoms with Crippen LogP contribution in [0.5, 0.6) is 0 Å². The van der Waals surface area contributed by atoms with E-state index in [1.165, 1.54) is 25.7 Å². The van der Waals surface area contributed by atoms with Crippen LogP contribution in [0.1, 0.15) is 72.1 Å². The van der Waals surface area contributed by atoms with Gasteiger partial charge in [0.15, 0.2) is 0 Å². The van der Waals surface area contributed by atoms with E-state index >= 15 is 0 Å². The van der Waals surface area contributed by atoms with Crippen molar-refractivity contribution in [3.63, 3.8) is 0 Å². The van der Waals surface area contributed by atoms with E-state index in [2.05, 4.69) is 6.58 Å². The van der Waals surface area contributed by atoms with Crippen molar-refractivity contribution in [2.75, 3.05) is 0 Å². The fourth-order valence-electron chi connectivity index (χ4n) is 1.86. The standard InChI is InChI=1S/C16H31NO2/c1-5-6-7-8-9-10-11-12-13-14(17)15(18)19-16(2,3)4/h5,14H,1,6-13,17H2,2-4H3. The molecule has 0 aliphatic carbocycles. The van der Waals surface area contributed by atoms with E-state index in [9.17, 15) is 4.79 Å². The van der Waals surface area contributed by atoms with Crippen molar-refractivity contribution < 1.29 is 9.53 Å². The monoisotopic (exact) mass is 269 g/mol. The van der Waals surface area contributed by atoms with Gasteiger partial charge in [-0.1, -0.05) is 38.2 Å². The zero-order valence-corrected chi connectivity index (χ0v) is 12.9. The normalized spacial score (nSPS) is 13.1. The molecule has 0 aromatic rings. The Morgan fingerprint density at radius 3 is 2.21 bits per heavy atom. The van der Waals surface area contributed by atoms with Crippen LogP contribution >= 0.6 is 0 Å². The lowest BCUT2D eigenvalue weighted by atomic mass is 10.1. The third-order valence-electron chi connectivity index (χ3n) is 2.88.